The SMILES string of the molecule is COCOC1CN(OC)C1C. The lowest BCUT2D eigenvalue weighted by atomic mass is 10.1. The highest BCUT2D eigenvalue weighted by Gasteiger charge is 2.36. The van der Waals surface area contributed by atoms with E-state index >= 15 is 0 Å². The molecule has 0 N–H and O–H groups in total. The monoisotopic (exact) mass is 161 g/mol. The van der Waals surface area contributed by atoms with E-state index in [1.165, 1.54) is 0 Å². The van der Waals surface area contributed by atoms with Crippen LogP contribution in [0.2, 0.25) is 0 Å². The van der Waals surface area contributed by atoms with E-state index in [2.05, 4.69) is 6.92 Å². The smallest absolute Gasteiger partial charge is 0.146 e. The second-order valence-corrected chi connectivity index (χ2v) is 2.63. The Hall–Kier alpha value is -0.160. The van der Waals surface area contributed by atoms with Crippen LogP contribution in [0.25, 0.3) is 0 Å². The second-order valence-electron chi connectivity index (χ2n) is 2.63. The van der Waals surface area contributed by atoms with Crippen molar-refractivity contribution in [2.45, 2.75) is 19.1 Å². The van der Waals surface area contributed by atoms with Gasteiger partial charge in [-0.25, -0.2) is 0 Å². The number of hydrogen-bond acceptors (Lipinski definition) is 4. The lowest BCUT2D eigenvalue weighted by Crippen LogP contribution is -2.58. The van der Waals surface area contributed by atoms with Crippen LogP contribution in [0.5, 0.6) is 0 Å². The molecule has 1 rings (SSSR count). The van der Waals surface area contributed by atoms with Crippen molar-refractivity contribution in [3.05, 3.63) is 0 Å². The number of hydrogen-bond donors (Lipinski definition) is 0. The van der Waals surface area contributed by atoms with E-state index in [-0.39, 0.29) is 6.10 Å². The van der Waals surface area contributed by atoms with Crippen molar-refractivity contribution < 1.29 is 14.3 Å². The second kappa shape index (κ2) is 4.01. The summed E-state index contributed by atoms with van der Waals surface area (Å²) < 4.78 is 10.1. The van der Waals surface area contributed by atoms with Gasteiger partial charge in [-0.2, -0.15) is 5.06 Å². The highest BCUT2D eigenvalue weighted by molar-refractivity contribution is 4.84. The predicted octanol–water partition coefficient (Wildman–Crippen LogP) is 0.241. The summed E-state index contributed by atoms with van der Waals surface area (Å²) in [6, 6.07) is 0.343. The molecule has 0 aromatic carbocycles. The fraction of sp³-hybridized carbons (Fsp3) is 1.00. The number of nitrogens with zero attached hydrogens (tertiary/aromatic N) is 1. The molecule has 1 aliphatic rings. The molecule has 0 aliphatic carbocycles. The summed E-state index contributed by atoms with van der Waals surface area (Å²) in [5, 5.41) is 1.88. The van der Waals surface area contributed by atoms with E-state index in [9.17, 15) is 0 Å². The minimum absolute atomic E-state index is 0.259. The molecule has 1 saturated heterocycles. The minimum atomic E-state index is 0.259. The fourth-order valence-electron chi connectivity index (χ4n) is 1.13. The lowest BCUT2D eigenvalue weighted by molar-refractivity contribution is -0.274. The van der Waals surface area contributed by atoms with Gasteiger partial charge in [0.1, 0.15) is 6.79 Å². The molecular weight excluding hydrogens is 146 g/mol. The normalized spacial score (nSPS) is 31.9. The Morgan fingerprint density at radius 2 is 2.18 bits per heavy atom. The zero-order chi connectivity index (χ0) is 8.27. The predicted molar refractivity (Wildman–Crippen MR) is 39.9 cm³/mol. The fourth-order valence-corrected chi connectivity index (χ4v) is 1.13. The maximum atomic E-state index is 5.33. The molecule has 4 heteroatoms. The van der Waals surface area contributed by atoms with Gasteiger partial charge in [0, 0.05) is 7.11 Å². The van der Waals surface area contributed by atoms with Gasteiger partial charge in [-0.1, -0.05) is 0 Å². The number of hydroxylamine groups is 2. The lowest BCUT2D eigenvalue weighted by Gasteiger charge is -2.43. The van der Waals surface area contributed by atoms with Crippen molar-refractivity contribution in [1.29, 1.82) is 0 Å². The Labute approximate surface area is 67.0 Å². The maximum Gasteiger partial charge on any atom is 0.146 e. The third kappa shape index (κ3) is 1.90. The number of rotatable bonds is 4. The Kier molecular flexibility index (Phi) is 3.26. The van der Waals surface area contributed by atoms with Crippen molar-refractivity contribution in [2.75, 3.05) is 27.6 Å². The van der Waals surface area contributed by atoms with Gasteiger partial charge in [0.05, 0.1) is 25.8 Å². The van der Waals surface area contributed by atoms with Gasteiger partial charge >= 0.3 is 0 Å². The molecule has 1 fully saturated rings. The summed E-state index contributed by atoms with van der Waals surface area (Å²) in [5.74, 6) is 0. The molecule has 0 bridgehead atoms. The van der Waals surface area contributed by atoms with Crippen LogP contribution in [0.15, 0.2) is 0 Å². The largest absolute Gasteiger partial charge is 0.359 e. The van der Waals surface area contributed by atoms with Crippen LogP contribution in [-0.2, 0) is 14.3 Å². The van der Waals surface area contributed by atoms with E-state index in [1.54, 1.807) is 14.2 Å². The molecule has 0 saturated carbocycles. The van der Waals surface area contributed by atoms with Crippen molar-refractivity contribution in [2.24, 2.45) is 0 Å². The van der Waals surface area contributed by atoms with Gasteiger partial charge in [0.25, 0.3) is 0 Å². The highest BCUT2D eigenvalue weighted by atomic mass is 16.7. The summed E-state index contributed by atoms with van der Waals surface area (Å²) in [6.45, 7) is 3.26. The molecule has 0 radical (unpaired) electrons. The zero-order valence-electron chi connectivity index (χ0n) is 7.24. The topological polar surface area (TPSA) is 30.9 Å². The summed E-state index contributed by atoms with van der Waals surface area (Å²) in [5.41, 5.74) is 0. The molecule has 1 heterocycles. The quantitative estimate of drug-likeness (QED) is 0.553. The molecular formula is C7H15NO3. The van der Waals surface area contributed by atoms with Crippen molar-refractivity contribution in [3.8, 4) is 0 Å². The Bertz CT molecular complexity index is 118. The molecule has 0 amide bonds. The van der Waals surface area contributed by atoms with Crippen LogP contribution < -0.4 is 0 Å². The number of ether oxygens (including phenoxy) is 2. The van der Waals surface area contributed by atoms with E-state index in [0.29, 0.717) is 12.8 Å². The van der Waals surface area contributed by atoms with Gasteiger partial charge in [-0.15, -0.1) is 0 Å². The zero-order valence-corrected chi connectivity index (χ0v) is 7.24. The standard InChI is InChI=1S/C7H15NO3/c1-6-7(11-5-9-2)4-8(6)10-3/h6-7H,4-5H2,1-3H3. The first-order valence-corrected chi connectivity index (χ1v) is 3.71. The molecule has 4 nitrogen and oxygen atoms in total. The minimum Gasteiger partial charge on any atom is -0.359 e. The Morgan fingerprint density at radius 3 is 2.64 bits per heavy atom. The molecule has 66 valence electrons. The van der Waals surface area contributed by atoms with E-state index in [4.69, 9.17) is 14.3 Å². The van der Waals surface area contributed by atoms with Crippen LogP contribution in [0, 0.1) is 0 Å². The van der Waals surface area contributed by atoms with Gasteiger partial charge in [0.15, 0.2) is 0 Å². The molecule has 2 atom stereocenters. The summed E-state index contributed by atoms with van der Waals surface area (Å²) in [7, 11) is 3.29. The average Bonchev–Trinajstić information content (AvgIpc) is 2.03. The van der Waals surface area contributed by atoms with Crippen molar-refractivity contribution in [3.63, 3.8) is 0 Å². The third-order valence-electron chi connectivity index (χ3n) is 1.99. The van der Waals surface area contributed by atoms with Gasteiger partial charge in [-0.05, 0) is 6.92 Å². The first-order chi connectivity index (χ1) is 5.29. The van der Waals surface area contributed by atoms with Gasteiger partial charge in [0.2, 0.25) is 0 Å². The summed E-state index contributed by atoms with van der Waals surface area (Å²) in [6.07, 6.45) is 0.259. The summed E-state index contributed by atoms with van der Waals surface area (Å²) in [4.78, 5) is 5.02. The van der Waals surface area contributed by atoms with Gasteiger partial charge in [-0.3, -0.25) is 0 Å². The van der Waals surface area contributed by atoms with E-state index < -0.39 is 0 Å². The van der Waals surface area contributed by atoms with Crippen LogP contribution in [-0.4, -0.2) is 44.8 Å². The van der Waals surface area contributed by atoms with Crippen molar-refractivity contribution in [1.82, 2.24) is 5.06 Å². The highest BCUT2D eigenvalue weighted by Crippen LogP contribution is 2.19. The average molecular weight is 161 g/mol. The number of methoxy groups -OCH3 is 1. The van der Waals surface area contributed by atoms with Crippen molar-refractivity contribution >= 4 is 0 Å². The summed E-state index contributed by atoms with van der Waals surface area (Å²) >= 11 is 0. The van der Waals surface area contributed by atoms with E-state index in [1.807, 2.05) is 5.06 Å². The van der Waals surface area contributed by atoms with E-state index in [0.717, 1.165) is 6.54 Å². The maximum absolute atomic E-state index is 5.33. The molecule has 2 unspecified atom stereocenters. The van der Waals surface area contributed by atoms with Crippen LogP contribution >= 0.6 is 0 Å². The third-order valence-corrected chi connectivity index (χ3v) is 1.99. The van der Waals surface area contributed by atoms with Gasteiger partial charge < -0.3 is 14.3 Å². The Morgan fingerprint density at radius 1 is 1.45 bits per heavy atom. The molecule has 1 aliphatic heterocycles. The van der Waals surface area contributed by atoms with Crippen LogP contribution in [0.1, 0.15) is 6.92 Å². The molecule has 0 aromatic heterocycles. The van der Waals surface area contributed by atoms with Crippen LogP contribution in [0.3, 0.4) is 0 Å². The molecule has 0 aromatic rings. The van der Waals surface area contributed by atoms with Crippen LogP contribution in [0.4, 0.5) is 0 Å². The Balaban J connectivity index is 2.11. The first kappa shape index (κ1) is 8.93. The molecule has 11 heavy (non-hydrogen) atoms. The molecule has 0 spiro atoms. The first-order valence-electron chi connectivity index (χ1n) is 3.71.